The molecule has 7 heteroatoms. The minimum atomic E-state index is -0.546. The average Bonchev–Trinajstić information content (AvgIpc) is 3.00. The van der Waals surface area contributed by atoms with Crippen LogP contribution in [0.15, 0.2) is 4.52 Å². The molecule has 136 valence electrons. The third kappa shape index (κ3) is 3.95. The van der Waals surface area contributed by atoms with Gasteiger partial charge in [0.2, 0.25) is 5.89 Å². The number of carbonyl (C=O) groups excluding carboxylic acids is 1. The van der Waals surface area contributed by atoms with E-state index in [2.05, 4.69) is 35.8 Å². The van der Waals surface area contributed by atoms with Crippen molar-refractivity contribution in [3.8, 4) is 0 Å². The van der Waals surface area contributed by atoms with Gasteiger partial charge in [-0.25, -0.2) is 4.79 Å². The van der Waals surface area contributed by atoms with Crippen LogP contribution >= 0.6 is 0 Å². The molecule has 1 aliphatic rings. The zero-order valence-corrected chi connectivity index (χ0v) is 15.4. The largest absolute Gasteiger partial charge is 0.460 e. The van der Waals surface area contributed by atoms with Crippen molar-refractivity contribution in [2.45, 2.75) is 66.2 Å². The summed E-state index contributed by atoms with van der Waals surface area (Å²) in [6.45, 7) is 12.9. The van der Waals surface area contributed by atoms with Gasteiger partial charge < -0.3 is 14.0 Å². The maximum absolute atomic E-state index is 11.7. The number of nitrogens with zero attached hydrogens (tertiary/aromatic N) is 3. The van der Waals surface area contributed by atoms with Crippen LogP contribution in [0.3, 0.4) is 0 Å². The van der Waals surface area contributed by atoms with Gasteiger partial charge in [-0.2, -0.15) is 4.98 Å². The second kappa shape index (κ2) is 8.07. The third-order valence-corrected chi connectivity index (χ3v) is 4.71. The van der Waals surface area contributed by atoms with Crippen LogP contribution in [0.5, 0.6) is 0 Å². The van der Waals surface area contributed by atoms with E-state index in [1.165, 1.54) is 0 Å². The minimum Gasteiger partial charge on any atom is -0.460 e. The summed E-state index contributed by atoms with van der Waals surface area (Å²) >= 11 is 0. The van der Waals surface area contributed by atoms with Crippen LogP contribution in [0.25, 0.3) is 0 Å². The summed E-state index contributed by atoms with van der Waals surface area (Å²) in [5.41, 5.74) is 0.0785. The number of ether oxygens (including phenoxy) is 2. The molecule has 24 heavy (non-hydrogen) atoms. The maximum Gasteiger partial charge on any atom is 0.379 e. The first-order chi connectivity index (χ1) is 11.4. The lowest BCUT2D eigenvalue weighted by Gasteiger charge is -2.55. The number of hydrogen-bond donors (Lipinski definition) is 0. The van der Waals surface area contributed by atoms with Gasteiger partial charge in [-0.15, -0.1) is 0 Å². The fourth-order valence-corrected chi connectivity index (χ4v) is 3.37. The number of esters is 1. The van der Waals surface area contributed by atoms with Gasteiger partial charge in [0.15, 0.2) is 0 Å². The highest BCUT2D eigenvalue weighted by Crippen LogP contribution is 2.46. The Morgan fingerprint density at radius 1 is 1.33 bits per heavy atom. The van der Waals surface area contributed by atoms with Gasteiger partial charge in [-0.3, -0.25) is 4.90 Å². The number of aromatic nitrogens is 2. The van der Waals surface area contributed by atoms with Crippen molar-refractivity contribution >= 4 is 5.97 Å². The fourth-order valence-electron chi connectivity index (χ4n) is 3.37. The quantitative estimate of drug-likeness (QED) is 0.640. The SMILES string of the molecule is CCCN(Cc1nc(C(=O)OCC)no1)[C@@H]1C[C@H](OCC)C1(C)C. The second-order valence-electron chi connectivity index (χ2n) is 6.72. The molecule has 2 atom stereocenters. The summed E-state index contributed by atoms with van der Waals surface area (Å²) in [5.74, 6) is -0.111. The molecular weight excluding hydrogens is 310 g/mol. The number of rotatable bonds is 9. The molecule has 2 rings (SSSR count). The molecule has 0 amide bonds. The van der Waals surface area contributed by atoms with Crippen LogP contribution in [0, 0.1) is 5.41 Å². The highest BCUT2D eigenvalue weighted by atomic mass is 16.5. The van der Waals surface area contributed by atoms with Crippen molar-refractivity contribution in [1.82, 2.24) is 15.0 Å². The monoisotopic (exact) mass is 339 g/mol. The summed E-state index contributed by atoms with van der Waals surface area (Å²) in [7, 11) is 0. The highest BCUT2D eigenvalue weighted by Gasteiger charge is 2.51. The molecule has 1 saturated carbocycles. The lowest BCUT2D eigenvalue weighted by molar-refractivity contribution is -0.153. The lowest BCUT2D eigenvalue weighted by Crippen LogP contribution is -2.62. The highest BCUT2D eigenvalue weighted by molar-refractivity contribution is 5.84. The molecule has 1 heterocycles. The van der Waals surface area contributed by atoms with E-state index in [-0.39, 0.29) is 17.3 Å². The Kier molecular flexibility index (Phi) is 6.34. The van der Waals surface area contributed by atoms with E-state index in [1.807, 2.05) is 6.92 Å². The van der Waals surface area contributed by atoms with E-state index in [9.17, 15) is 4.79 Å². The van der Waals surface area contributed by atoms with Gasteiger partial charge in [-0.1, -0.05) is 20.8 Å². The van der Waals surface area contributed by atoms with E-state index in [4.69, 9.17) is 14.0 Å². The molecule has 0 N–H and O–H groups in total. The molecule has 0 saturated heterocycles. The summed E-state index contributed by atoms with van der Waals surface area (Å²) in [6, 6.07) is 0.395. The summed E-state index contributed by atoms with van der Waals surface area (Å²) < 4.78 is 16.0. The molecule has 1 fully saturated rings. The molecule has 7 nitrogen and oxygen atoms in total. The lowest BCUT2D eigenvalue weighted by atomic mass is 9.63. The van der Waals surface area contributed by atoms with Crippen molar-refractivity contribution in [3.63, 3.8) is 0 Å². The summed E-state index contributed by atoms with van der Waals surface area (Å²) in [6.07, 6.45) is 2.31. The van der Waals surface area contributed by atoms with Gasteiger partial charge in [0.1, 0.15) is 0 Å². The first-order valence-corrected chi connectivity index (χ1v) is 8.79. The standard InChI is InChI=1S/C17H29N3O4/c1-6-9-20(12-10-13(22-7-2)17(12,4)5)11-14-18-15(19-24-14)16(21)23-8-3/h12-13H,6-11H2,1-5H3/t12-,13+/m1/s1. The Hall–Kier alpha value is -1.47. The smallest absolute Gasteiger partial charge is 0.379 e. The molecule has 0 unspecified atom stereocenters. The molecule has 0 radical (unpaired) electrons. The topological polar surface area (TPSA) is 77.7 Å². The van der Waals surface area contributed by atoms with Crippen molar-refractivity contribution in [2.24, 2.45) is 5.41 Å². The first kappa shape index (κ1) is 18.9. The molecule has 1 aromatic heterocycles. The Bertz CT molecular complexity index is 544. The zero-order chi connectivity index (χ0) is 17.7. The van der Waals surface area contributed by atoms with Crippen LogP contribution < -0.4 is 0 Å². The van der Waals surface area contributed by atoms with E-state index in [0.717, 1.165) is 26.0 Å². The molecule has 0 spiro atoms. The van der Waals surface area contributed by atoms with Gasteiger partial charge in [0.25, 0.3) is 5.82 Å². The molecule has 1 aromatic rings. The molecule has 0 aliphatic heterocycles. The van der Waals surface area contributed by atoms with Crippen LogP contribution in [0.4, 0.5) is 0 Å². The predicted molar refractivity (Wildman–Crippen MR) is 88.6 cm³/mol. The molecule has 0 bridgehead atoms. The number of hydrogen-bond acceptors (Lipinski definition) is 7. The molecular formula is C17H29N3O4. The Morgan fingerprint density at radius 3 is 2.67 bits per heavy atom. The van der Waals surface area contributed by atoms with Crippen molar-refractivity contribution in [1.29, 1.82) is 0 Å². The summed E-state index contributed by atoms with van der Waals surface area (Å²) in [4.78, 5) is 18.2. The summed E-state index contributed by atoms with van der Waals surface area (Å²) in [5, 5.41) is 3.72. The predicted octanol–water partition coefficient (Wildman–Crippen LogP) is 2.66. The first-order valence-electron chi connectivity index (χ1n) is 8.79. The average molecular weight is 339 g/mol. The van der Waals surface area contributed by atoms with Gasteiger partial charge in [0, 0.05) is 18.1 Å². The fraction of sp³-hybridized carbons (Fsp3) is 0.824. The normalized spacial score (nSPS) is 22.4. The van der Waals surface area contributed by atoms with Crippen molar-refractivity contribution in [2.75, 3.05) is 19.8 Å². The Morgan fingerprint density at radius 2 is 2.08 bits per heavy atom. The molecule has 1 aliphatic carbocycles. The van der Waals surface area contributed by atoms with E-state index in [1.54, 1.807) is 6.92 Å². The minimum absolute atomic E-state index is 0.0108. The maximum atomic E-state index is 11.7. The van der Waals surface area contributed by atoms with E-state index < -0.39 is 5.97 Å². The van der Waals surface area contributed by atoms with Crippen molar-refractivity contribution in [3.05, 3.63) is 11.7 Å². The van der Waals surface area contributed by atoms with Crippen LogP contribution in [0.2, 0.25) is 0 Å². The van der Waals surface area contributed by atoms with E-state index >= 15 is 0 Å². The zero-order valence-electron chi connectivity index (χ0n) is 15.4. The van der Waals surface area contributed by atoms with Crippen LogP contribution in [-0.4, -0.2) is 52.9 Å². The van der Waals surface area contributed by atoms with Crippen LogP contribution in [-0.2, 0) is 16.0 Å². The van der Waals surface area contributed by atoms with Gasteiger partial charge in [-0.05, 0) is 38.4 Å². The van der Waals surface area contributed by atoms with Crippen LogP contribution in [0.1, 0.15) is 64.0 Å². The second-order valence-corrected chi connectivity index (χ2v) is 6.72. The Balaban J connectivity index is 2.03. The molecule has 0 aromatic carbocycles. The Labute approximate surface area is 143 Å². The third-order valence-electron chi connectivity index (χ3n) is 4.71. The van der Waals surface area contributed by atoms with Crippen molar-refractivity contribution < 1.29 is 18.8 Å². The number of carbonyl (C=O) groups is 1. The van der Waals surface area contributed by atoms with Gasteiger partial charge >= 0.3 is 5.97 Å². The van der Waals surface area contributed by atoms with Gasteiger partial charge in [0.05, 0.1) is 19.3 Å². The van der Waals surface area contributed by atoms with E-state index in [0.29, 0.717) is 25.1 Å².